The molecule has 2 N–H and O–H groups in total. The van der Waals surface area contributed by atoms with Crippen molar-refractivity contribution in [2.24, 2.45) is 5.92 Å². The lowest BCUT2D eigenvalue weighted by Gasteiger charge is -2.36. The zero-order valence-corrected chi connectivity index (χ0v) is 13.4. The summed E-state index contributed by atoms with van der Waals surface area (Å²) in [6.45, 7) is 5.14. The van der Waals surface area contributed by atoms with E-state index in [1.54, 1.807) is 6.92 Å². The van der Waals surface area contributed by atoms with Crippen molar-refractivity contribution in [1.29, 1.82) is 0 Å². The molecule has 2 amide bonds. The first-order valence-electron chi connectivity index (χ1n) is 8.46. The highest BCUT2D eigenvalue weighted by atomic mass is 16.3. The second kappa shape index (κ2) is 6.16. The summed E-state index contributed by atoms with van der Waals surface area (Å²) in [6, 6.07) is 0.264. The Hall–Kier alpha value is -1.14. The van der Waals surface area contributed by atoms with Gasteiger partial charge in [-0.2, -0.15) is 0 Å². The van der Waals surface area contributed by atoms with E-state index in [9.17, 15) is 14.7 Å². The van der Waals surface area contributed by atoms with Gasteiger partial charge in [-0.3, -0.25) is 9.59 Å². The first kappa shape index (κ1) is 15.7. The molecule has 6 heteroatoms. The van der Waals surface area contributed by atoms with E-state index in [1.165, 1.54) is 0 Å². The molecule has 124 valence electrons. The van der Waals surface area contributed by atoms with Gasteiger partial charge in [0.25, 0.3) is 0 Å². The van der Waals surface area contributed by atoms with Gasteiger partial charge in [-0.25, -0.2) is 0 Å². The normalized spacial score (nSPS) is 30.5. The fourth-order valence-corrected chi connectivity index (χ4v) is 3.70. The summed E-state index contributed by atoms with van der Waals surface area (Å²) < 4.78 is 0. The van der Waals surface area contributed by atoms with Gasteiger partial charge in [0.2, 0.25) is 11.8 Å². The van der Waals surface area contributed by atoms with E-state index in [1.807, 2.05) is 4.90 Å². The Labute approximate surface area is 131 Å². The van der Waals surface area contributed by atoms with E-state index in [0.29, 0.717) is 26.1 Å². The largest absolute Gasteiger partial charge is 0.387 e. The minimum absolute atomic E-state index is 0.0297. The van der Waals surface area contributed by atoms with Gasteiger partial charge in [0, 0.05) is 45.1 Å². The number of piperidine rings is 1. The molecule has 1 saturated carbocycles. The summed E-state index contributed by atoms with van der Waals surface area (Å²) in [5.41, 5.74) is -0.759. The first-order chi connectivity index (χ1) is 10.5. The maximum absolute atomic E-state index is 12.1. The third kappa shape index (κ3) is 3.79. The summed E-state index contributed by atoms with van der Waals surface area (Å²) in [5, 5.41) is 13.7. The van der Waals surface area contributed by atoms with Gasteiger partial charge >= 0.3 is 0 Å². The molecule has 3 fully saturated rings. The molecule has 0 aromatic carbocycles. The number of carbonyl (C=O) groups is 2. The van der Waals surface area contributed by atoms with Crippen molar-refractivity contribution in [3.05, 3.63) is 0 Å². The minimum Gasteiger partial charge on any atom is -0.387 e. The molecular formula is C16H27N3O3. The van der Waals surface area contributed by atoms with Crippen LogP contribution in [-0.2, 0) is 9.59 Å². The molecule has 2 heterocycles. The molecule has 6 nitrogen and oxygen atoms in total. The van der Waals surface area contributed by atoms with E-state index >= 15 is 0 Å². The van der Waals surface area contributed by atoms with Crippen molar-refractivity contribution in [3.8, 4) is 0 Å². The predicted octanol–water partition coefficient (Wildman–Crippen LogP) is -0.0397. The molecular weight excluding hydrogens is 282 g/mol. The number of aliphatic hydroxyl groups is 1. The highest BCUT2D eigenvalue weighted by Gasteiger charge is 2.43. The van der Waals surface area contributed by atoms with Gasteiger partial charge in [0.05, 0.1) is 12.1 Å². The first-order valence-corrected chi connectivity index (χ1v) is 8.46. The van der Waals surface area contributed by atoms with Gasteiger partial charge in [0.1, 0.15) is 0 Å². The van der Waals surface area contributed by atoms with E-state index in [2.05, 4.69) is 10.2 Å². The van der Waals surface area contributed by atoms with Crippen LogP contribution in [0.25, 0.3) is 0 Å². The van der Waals surface area contributed by atoms with Crippen LogP contribution in [0.1, 0.15) is 39.0 Å². The molecule has 3 aliphatic rings. The Morgan fingerprint density at radius 1 is 1.18 bits per heavy atom. The van der Waals surface area contributed by atoms with Crippen LogP contribution in [0, 0.1) is 5.92 Å². The second-order valence-corrected chi connectivity index (χ2v) is 7.26. The molecule has 2 aliphatic heterocycles. The number of nitrogens with zero attached hydrogens (tertiary/aromatic N) is 2. The third-order valence-corrected chi connectivity index (χ3v) is 5.08. The summed E-state index contributed by atoms with van der Waals surface area (Å²) in [4.78, 5) is 27.3. The van der Waals surface area contributed by atoms with Gasteiger partial charge in [-0.15, -0.1) is 0 Å². The van der Waals surface area contributed by atoms with Crippen molar-refractivity contribution < 1.29 is 14.7 Å². The van der Waals surface area contributed by atoms with Crippen molar-refractivity contribution >= 4 is 11.8 Å². The summed E-state index contributed by atoms with van der Waals surface area (Å²) >= 11 is 0. The maximum Gasteiger partial charge on any atom is 0.225 e. The van der Waals surface area contributed by atoms with Crippen LogP contribution >= 0.6 is 0 Å². The predicted molar refractivity (Wildman–Crippen MR) is 82.1 cm³/mol. The smallest absolute Gasteiger partial charge is 0.225 e. The number of β-amino-alcohol motifs (C(OH)–C–C–N with tert-alkyl or cyclic N) is 1. The summed E-state index contributed by atoms with van der Waals surface area (Å²) in [5.74, 6) is 0.498. The Morgan fingerprint density at radius 2 is 1.86 bits per heavy atom. The van der Waals surface area contributed by atoms with Crippen LogP contribution < -0.4 is 5.32 Å². The van der Waals surface area contributed by atoms with Gasteiger partial charge < -0.3 is 20.2 Å². The van der Waals surface area contributed by atoms with E-state index in [4.69, 9.17) is 0 Å². The van der Waals surface area contributed by atoms with E-state index in [-0.39, 0.29) is 23.8 Å². The molecule has 0 radical (unpaired) electrons. The second-order valence-electron chi connectivity index (χ2n) is 7.26. The number of rotatable bonds is 4. The average molecular weight is 309 g/mol. The van der Waals surface area contributed by atoms with E-state index in [0.717, 1.165) is 38.8 Å². The number of nitrogens with one attached hydrogen (secondary N) is 1. The lowest BCUT2D eigenvalue weighted by atomic mass is 9.99. The third-order valence-electron chi connectivity index (χ3n) is 5.08. The van der Waals surface area contributed by atoms with Crippen LogP contribution in [0.5, 0.6) is 0 Å². The van der Waals surface area contributed by atoms with Crippen LogP contribution in [0.4, 0.5) is 0 Å². The molecule has 1 aliphatic carbocycles. The van der Waals surface area contributed by atoms with Crippen LogP contribution in [-0.4, -0.2) is 71.1 Å². The Kier molecular flexibility index (Phi) is 4.41. The molecule has 0 aromatic heterocycles. The maximum atomic E-state index is 12.1. The zero-order valence-electron chi connectivity index (χ0n) is 13.4. The average Bonchev–Trinajstić information content (AvgIpc) is 3.23. The number of hydrogen-bond acceptors (Lipinski definition) is 4. The van der Waals surface area contributed by atoms with Crippen LogP contribution in [0.3, 0.4) is 0 Å². The fourth-order valence-electron chi connectivity index (χ4n) is 3.70. The van der Waals surface area contributed by atoms with Crippen molar-refractivity contribution in [2.45, 2.75) is 50.7 Å². The highest BCUT2D eigenvalue weighted by molar-refractivity contribution is 5.81. The van der Waals surface area contributed by atoms with Crippen molar-refractivity contribution in [1.82, 2.24) is 15.1 Å². The standard InChI is InChI=1S/C16H27N3O3/c1-12(20)17-14-4-7-18(8-5-14)10-16(22)6-9-19(11-16)15(21)13-2-3-13/h13-14,22H,2-11H2,1H3,(H,17,20)/t16-/m0/s1. The number of hydrogen-bond donors (Lipinski definition) is 2. The van der Waals surface area contributed by atoms with Gasteiger partial charge in [0.15, 0.2) is 0 Å². The molecule has 0 aromatic rings. The lowest BCUT2D eigenvalue weighted by Crippen LogP contribution is -2.50. The molecule has 3 rings (SSSR count). The Balaban J connectivity index is 1.45. The molecule has 22 heavy (non-hydrogen) atoms. The van der Waals surface area contributed by atoms with E-state index < -0.39 is 5.60 Å². The molecule has 2 saturated heterocycles. The highest BCUT2D eigenvalue weighted by Crippen LogP contribution is 2.34. The molecule has 1 atom stereocenters. The monoisotopic (exact) mass is 309 g/mol. The summed E-state index contributed by atoms with van der Waals surface area (Å²) in [6.07, 6.45) is 4.58. The Bertz CT molecular complexity index is 444. The fraction of sp³-hybridized carbons (Fsp3) is 0.875. The minimum atomic E-state index is -0.759. The molecule has 0 unspecified atom stereocenters. The van der Waals surface area contributed by atoms with Crippen molar-refractivity contribution in [3.63, 3.8) is 0 Å². The number of likely N-dealkylation sites (tertiary alicyclic amines) is 2. The topological polar surface area (TPSA) is 72.9 Å². The lowest BCUT2D eigenvalue weighted by molar-refractivity contribution is -0.132. The van der Waals surface area contributed by atoms with Crippen molar-refractivity contribution in [2.75, 3.05) is 32.7 Å². The quantitative estimate of drug-likeness (QED) is 0.764. The van der Waals surface area contributed by atoms with Gasteiger partial charge in [-0.05, 0) is 32.1 Å². The van der Waals surface area contributed by atoms with Gasteiger partial charge in [-0.1, -0.05) is 0 Å². The summed E-state index contributed by atoms with van der Waals surface area (Å²) in [7, 11) is 0. The Morgan fingerprint density at radius 3 is 2.45 bits per heavy atom. The molecule has 0 spiro atoms. The number of amides is 2. The SMILES string of the molecule is CC(=O)NC1CCN(C[C@@]2(O)CCN(C(=O)C3CC3)C2)CC1. The zero-order chi connectivity index (χ0) is 15.7. The van der Waals surface area contributed by atoms with Crippen LogP contribution in [0.15, 0.2) is 0 Å². The van der Waals surface area contributed by atoms with Crippen LogP contribution in [0.2, 0.25) is 0 Å². The molecule has 0 bridgehead atoms. The number of carbonyl (C=O) groups excluding carboxylic acids is 2.